The minimum atomic E-state index is -4.11. The summed E-state index contributed by atoms with van der Waals surface area (Å²) in [4.78, 5) is 0. The molecule has 0 spiro atoms. The van der Waals surface area contributed by atoms with Gasteiger partial charge in [-0.2, -0.15) is 13.2 Å². The summed E-state index contributed by atoms with van der Waals surface area (Å²) in [5, 5.41) is 3.07. The molecule has 1 unspecified atom stereocenters. The number of nitrogens with one attached hydrogen (secondary N) is 1. The van der Waals surface area contributed by atoms with Gasteiger partial charge < -0.3 is 9.73 Å². The molecule has 0 aliphatic heterocycles. The SMILES string of the molecule is CCNC(CCC(F)(F)F)c1cc(C)oc1C. The fourth-order valence-corrected chi connectivity index (χ4v) is 1.92. The molecule has 0 radical (unpaired) electrons. The Labute approximate surface area is 99.2 Å². The van der Waals surface area contributed by atoms with Crippen LogP contribution in [-0.2, 0) is 0 Å². The average molecular weight is 249 g/mol. The molecule has 1 aromatic heterocycles. The van der Waals surface area contributed by atoms with Gasteiger partial charge in [-0.3, -0.25) is 0 Å². The zero-order valence-electron chi connectivity index (χ0n) is 10.3. The van der Waals surface area contributed by atoms with Crippen molar-refractivity contribution in [1.82, 2.24) is 5.32 Å². The van der Waals surface area contributed by atoms with Gasteiger partial charge in [-0.25, -0.2) is 0 Å². The lowest BCUT2D eigenvalue weighted by atomic mass is 10.0. The highest BCUT2D eigenvalue weighted by Gasteiger charge is 2.29. The van der Waals surface area contributed by atoms with E-state index in [1.807, 2.05) is 6.92 Å². The Balaban J connectivity index is 2.75. The summed E-state index contributed by atoms with van der Waals surface area (Å²) in [7, 11) is 0. The standard InChI is InChI=1S/C12H18F3NO/c1-4-16-11(5-6-12(13,14)15)10-7-8(2)17-9(10)3/h7,11,16H,4-6H2,1-3H3. The van der Waals surface area contributed by atoms with Crippen molar-refractivity contribution in [3.63, 3.8) is 0 Å². The van der Waals surface area contributed by atoms with E-state index in [9.17, 15) is 13.2 Å². The summed E-state index contributed by atoms with van der Waals surface area (Å²) in [6, 6.07) is 1.51. The third kappa shape index (κ3) is 4.42. The molecule has 0 aliphatic carbocycles. The molecule has 0 aromatic carbocycles. The number of furan rings is 1. The zero-order chi connectivity index (χ0) is 13.1. The first-order valence-corrected chi connectivity index (χ1v) is 5.70. The Kier molecular flexibility index (Phi) is 4.62. The van der Waals surface area contributed by atoms with E-state index in [1.165, 1.54) is 0 Å². The van der Waals surface area contributed by atoms with Crippen molar-refractivity contribution in [3.05, 3.63) is 23.2 Å². The number of alkyl halides is 3. The fourth-order valence-electron chi connectivity index (χ4n) is 1.92. The molecule has 0 fully saturated rings. The number of hydrogen-bond donors (Lipinski definition) is 1. The summed E-state index contributed by atoms with van der Waals surface area (Å²) in [5.41, 5.74) is 0.827. The molecule has 1 N–H and O–H groups in total. The maximum Gasteiger partial charge on any atom is 0.389 e. The van der Waals surface area contributed by atoms with Gasteiger partial charge in [-0.15, -0.1) is 0 Å². The normalized spacial score (nSPS) is 14.0. The molecule has 17 heavy (non-hydrogen) atoms. The molecule has 0 bridgehead atoms. The van der Waals surface area contributed by atoms with Crippen molar-refractivity contribution in [2.75, 3.05) is 6.54 Å². The summed E-state index contributed by atoms with van der Waals surface area (Å²) in [5.74, 6) is 1.42. The second-order valence-electron chi connectivity index (χ2n) is 4.13. The molecule has 1 aromatic rings. The van der Waals surface area contributed by atoms with Gasteiger partial charge in [0.2, 0.25) is 0 Å². The molecule has 0 amide bonds. The fraction of sp³-hybridized carbons (Fsp3) is 0.667. The van der Waals surface area contributed by atoms with E-state index in [1.54, 1.807) is 19.9 Å². The number of rotatable bonds is 5. The molecule has 1 rings (SSSR count). The van der Waals surface area contributed by atoms with Gasteiger partial charge >= 0.3 is 6.18 Å². The molecule has 0 saturated heterocycles. The van der Waals surface area contributed by atoms with Gasteiger partial charge in [0.05, 0.1) is 0 Å². The Hall–Kier alpha value is -0.970. The molecule has 2 nitrogen and oxygen atoms in total. The first kappa shape index (κ1) is 14.1. The molecule has 1 heterocycles. The van der Waals surface area contributed by atoms with Crippen LogP contribution in [0.5, 0.6) is 0 Å². The van der Waals surface area contributed by atoms with Gasteiger partial charge in [0.25, 0.3) is 0 Å². The van der Waals surface area contributed by atoms with Crippen molar-refractivity contribution < 1.29 is 17.6 Å². The molecule has 98 valence electrons. The van der Waals surface area contributed by atoms with Gasteiger partial charge in [0.1, 0.15) is 11.5 Å². The Morgan fingerprint density at radius 1 is 1.35 bits per heavy atom. The number of hydrogen-bond acceptors (Lipinski definition) is 2. The molecule has 1 atom stereocenters. The van der Waals surface area contributed by atoms with Crippen LogP contribution in [0.4, 0.5) is 13.2 Å². The predicted molar refractivity (Wildman–Crippen MR) is 59.9 cm³/mol. The lowest BCUT2D eigenvalue weighted by Gasteiger charge is -2.18. The monoisotopic (exact) mass is 249 g/mol. The van der Waals surface area contributed by atoms with Crippen molar-refractivity contribution >= 4 is 0 Å². The summed E-state index contributed by atoms with van der Waals surface area (Å²) < 4.78 is 42.0. The predicted octanol–water partition coefficient (Wildman–Crippen LogP) is 3.89. The first-order valence-electron chi connectivity index (χ1n) is 5.70. The lowest BCUT2D eigenvalue weighted by Crippen LogP contribution is -2.23. The molecule has 5 heteroatoms. The first-order chi connectivity index (χ1) is 7.83. The summed E-state index contributed by atoms with van der Waals surface area (Å²) in [6.07, 6.45) is -4.86. The lowest BCUT2D eigenvalue weighted by molar-refractivity contribution is -0.136. The molecular formula is C12H18F3NO. The van der Waals surface area contributed by atoms with Crippen LogP contribution in [0.3, 0.4) is 0 Å². The minimum absolute atomic E-state index is 0.0388. The van der Waals surface area contributed by atoms with Crippen LogP contribution in [0.15, 0.2) is 10.5 Å². The highest BCUT2D eigenvalue weighted by Crippen LogP contribution is 2.30. The van der Waals surface area contributed by atoms with Gasteiger partial charge in [0, 0.05) is 18.0 Å². The number of halogens is 3. The smallest absolute Gasteiger partial charge is 0.389 e. The van der Waals surface area contributed by atoms with Crippen molar-refractivity contribution in [1.29, 1.82) is 0 Å². The van der Waals surface area contributed by atoms with E-state index in [-0.39, 0.29) is 12.5 Å². The quantitative estimate of drug-likeness (QED) is 0.856. The van der Waals surface area contributed by atoms with Gasteiger partial charge in [0.15, 0.2) is 0 Å². The zero-order valence-corrected chi connectivity index (χ0v) is 10.3. The second kappa shape index (κ2) is 5.58. The van der Waals surface area contributed by atoms with E-state index in [0.29, 0.717) is 12.3 Å². The van der Waals surface area contributed by atoms with Gasteiger partial charge in [-0.1, -0.05) is 6.92 Å². The highest BCUT2D eigenvalue weighted by atomic mass is 19.4. The topological polar surface area (TPSA) is 25.2 Å². The maximum absolute atomic E-state index is 12.2. The Bertz CT molecular complexity index is 357. The van der Waals surface area contributed by atoms with E-state index >= 15 is 0 Å². The van der Waals surface area contributed by atoms with E-state index in [4.69, 9.17) is 4.42 Å². The third-order valence-electron chi connectivity index (χ3n) is 2.62. The summed E-state index contributed by atoms with van der Waals surface area (Å²) in [6.45, 7) is 6.08. The van der Waals surface area contributed by atoms with Crippen LogP contribution < -0.4 is 5.32 Å². The van der Waals surface area contributed by atoms with E-state index in [2.05, 4.69) is 5.32 Å². The van der Waals surface area contributed by atoms with Crippen LogP contribution in [0.1, 0.15) is 42.9 Å². The molecular weight excluding hydrogens is 231 g/mol. The van der Waals surface area contributed by atoms with E-state index in [0.717, 1.165) is 11.3 Å². The Morgan fingerprint density at radius 2 is 2.00 bits per heavy atom. The van der Waals surface area contributed by atoms with Crippen LogP contribution in [0.25, 0.3) is 0 Å². The minimum Gasteiger partial charge on any atom is -0.466 e. The average Bonchev–Trinajstić information content (AvgIpc) is 2.51. The van der Waals surface area contributed by atoms with Crippen LogP contribution in [0, 0.1) is 13.8 Å². The number of aryl methyl sites for hydroxylation is 2. The third-order valence-corrected chi connectivity index (χ3v) is 2.62. The summed E-state index contributed by atoms with van der Waals surface area (Å²) >= 11 is 0. The van der Waals surface area contributed by atoms with Crippen molar-refractivity contribution in [2.45, 2.75) is 45.8 Å². The van der Waals surface area contributed by atoms with Crippen LogP contribution in [0.2, 0.25) is 0 Å². The van der Waals surface area contributed by atoms with E-state index < -0.39 is 12.6 Å². The molecule has 0 saturated carbocycles. The highest BCUT2D eigenvalue weighted by molar-refractivity contribution is 5.24. The second-order valence-corrected chi connectivity index (χ2v) is 4.13. The molecule has 0 aliphatic rings. The largest absolute Gasteiger partial charge is 0.466 e. The van der Waals surface area contributed by atoms with Crippen molar-refractivity contribution in [3.8, 4) is 0 Å². The Morgan fingerprint density at radius 3 is 2.41 bits per heavy atom. The maximum atomic E-state index is 12.2. The van der Waals surface area contributed by atoms with Gasteiger partial charge in [-0.05, 0) is 32.9 Å². The van der Waals surface area contributed by atoms with Crippen molar-refractivity contribution in [2.24, 2.45) is 0 Å². The van der Waals surface area contributed by atoms with Crippen LogP contribution in [-0.4, -0.2) is 12.7 Å². The van der Waals surface area contributed by atoms with Crippen LogP contribution >= 0.6 is 0 Å².